The fourth-order valence-corrected chi connectivity index (χ4v) is 6.86. The second kappa shape index (κ2) is 14.1. The van der Waals surface area contributed by atoms with Gasteiger partial charge in [-0.2, -0.15) is 0 Å². The summed E-state index contributed by atoms with van der Waals surface area (Å²) in [5, 5.41) is 20.1. The molecule has 2 fully saturated rings. The number of carboxylic acid groups (broad SMARTS) is 1. The number of carboxylic acids is 1. The lowest BCUT2D eigenvalue weighted by Crippen LogP contribution is -2.64. The zero-order valence-corrected chi connectivity index (χ0v) is 26.8. The number of carbonyl (C=O) groups is 6. The maximum Gasteiger partial charge on any atom is 0.524 e. The standard InChI is InChI=1S/C31H36N5O11P/c1-17(37)32-25(15-18-8-10-19(11-9-18)47-48(44,45)46)28(39)33-23-12-13-27(38)35-14-4-7-26(36(35)30(23)41)29(40)34-24-16-22(31(42)43)20-5-2-3-6-21(20)24/h2-3,5-6,8-11,22-26H,4,7,12-16H2,1H3,(H,32,37)(H,33,39)(H,34,40)(H,42,43)(H2,44,45,46)/t22-,23-,24-,25-,26-/m0/s1. The Hall–Kier alpha value is -4.79. The third kappa shape index (κ3) is 7.84. The molecule has 48 heavy (non-hydrogen) atoms. The van der Waals surface area contributed by atoms with Gasteiger partial charge < -0.3 is 25.6 Å². The highest BCUT2D eigenvalue weighted by atomic mass is 31.2. The van der Waals surface area contributed by atoms with E-state index < -0.39 is 73.4 Å². The van der Waals surface area contributed by atoms with Crippen LogP contribution >= 0.6 is 7.82 Å². The van der Waals surface area contributed by atoms with Crippen LogP contribution in [0.5, 0.6) is 5.75 Å². The third-order valence-corrected chi connectivity index (χ3v) is 9.04. The molecule has 3 aliphatic rings. The maximum absolute atomic E-state index is 14.0. The third-order valence-electron chi connectivity index (χ3n) is 8.59. The van der Waals surface area contributed by atoms with Gasteiger partial charge >= 0.3 is 13.8 Å². The normalized spacial score (nSPS) is 22.9. The number of phosphoric ester groups is 1. The molecule has 0 saturated carbocycles. The van der Waals surface area contributed by atoms with Gasteiger partial charge in [-0.3, -0.25) is 43.6 Å². The monoisotopic (exact) mass is 685 g/mol. The summed E-state index contributed by atoms with van der Waals surface area (Å²) in [6.07, 6.45) is 0.599. The second-order valence-electron chi connectivity index (χ2n) is 12.0. The number of aliphatic carboxylic acids is 1. The van der Waals surface area contributed by atoms with E-state index in [2.05, 4.69) is 20.5 Å². The molecule has 16 nitrogen and oxygen atoms in total. The highest BCUT2D eigenvalue weighted by Crippen LogP contribution is 2.41. The van der Waals surface area contributed by atoms with Crippen LogP contribution in [0.4, 0.5) is 0 Å². The van der Waals surface area contributed by atoms with Gasteiger partial charge in [0.15, 0.2) is 0 Å². The lowest BCUT2D eigenvalue weighted by Gasteiger charge is -2.43. The minimum absolute atomic E-state index is 0.0531. The number of rotatable bonds is 10. The number of nitrogens with one attached hydrogen (secondary N) is 3. The van der Waals surface area contributed by atoms with Crippen molar-refractivity contribution in [2.75, 3.05) is 6.54 Å². The van der Waals surface area contributed by atoms with Crippen molar-refractivity contribution in [2.45, 2.75) is 75.5 Å². The Kier molecular flexibility index (Phi) is 10.2. The number of nitrogens with zero attached hydrogens (tertiary/aromatic N) is 2. The number of hydrazine groups is 1. The minimum Gasteiger partial charge on any atom is -0.481 e. The molecule has 0 bridgehead atoms. The van der Waals surface area contributed by atoms with Crippen LogP contribution in [0.3, 0.4) is 0 Å². The van der Waals surface area contributed by atoms with Gasteiger partial charge in [-0.05, 0) is 54.5 Å². The first-order chi connectivity index (χ1) is 22.7. The number of carbonyl (C=O) groups excluding carboxylic acids is 5. The molecule has 0 unspecified atom stereocenters. The SMILES string of the molecule is CC(=O)N[C@@H](Cc1ccc(OP(=O)(O)O)cc1)C(=O)N[C@H]1CCC(=O)N2CCC[C@@H](C(=O)N[C@H]3C[C@H](C(=O)O)c4ccccc43)N2C1=O. The van der Waals surface area contributed by atoms with Crippen LogP contribution in [0.15, 0.2) is 48.5 Å². The Bertz CT molecular complexity index is 1660. The lowest BCUT2D eigenvalue weighted by molar-refractivity contribution is -0.176. The number of fused-ring (bicyclic) bond motifs is 2. The summed E-state index contributed by atoms with van der Waals surface area (Å²) < 4.78 is 15.6. The predicted octanol–water partition coefficient (Wildman–Crippen LogP) is 0.648. The van der Waals surface area contributed by atoms with Crippen LogP contribution in [0.2, 0.25) is 0 Å². The van der Waals surface area contributed by atoms with Crippen molar-refractivity contribution < 1.29 is 52.7 Å². The van der Waals surface area contributed by atoms with E-state index in [-0.39, 0.29) is 44.4 Å². The fourth-order valence-electron chi connectivity index (χ4n) is 6.47. The molecule has 5 rings (SSSR count). The highest BCUT2D eigenvalue weighted by molar-refractivity contribution is 7.46. The summed E-state index contributed by atoms with van der Waals surface area (Å²) >= 11 is 0. The van der Waals surface area contributed by atoms with Crippen molar-refractivity contribution in [3.63, 3.8) is 0 Å². The molecular formula is C31H36N5O11P. The van der Waals surface area contributed by atoms with Gasteiger partial charge in [0.25, 0.3) is 5.91 Å². The van der Waals surface area contributed by atoms with E-state index in [4.69, 9.17) is 9.79 Å². The molecule has 0 radical (unpaired) electrons. The first-order valence-corrected chi connectivity index (χ1v) is 16.9. The van der Waals surface area contributed by atoms with Gasteiger partial charge in [-0.15, -0.1) is 0 Å². The Morgan fingerprint density at radius 3 is 2.31 bits per heavy atom. The zero-order chi connectivity index (χ0) is 34.7. The Balaban J connectivity index is 1.32. The maximum atomic E-state index is 14.0. The van der Waals surface area contributed by atoms with Crippen LogP contribution in [-0.4, -0.2) is 85.1 Å². The van der Waals surface area contributed by atoms with Crippen molar-refractivity contribution in [1.82, 2.24) is 26.0 Å². The van der Waals surface area contributed by atoms with Crippen molar-refractivity contribution >= 4 is 43.3 Å². The van der Waals surface area contributed by atoms with Crippen LogP contribution in [0, 0.1) is 0 Å². The van der Waals surface area contributed by atoms with Crippen LogP contribution in [-0.2, 0) is 39.8 Å². The first kappa shape index (κ1) is 34.5. The zero-order valence-electron chi connectivity index (χ0n) is 25.9. The summed E-state index contributed by atoms with van der Waals surface area (Å²) in [4.78, 5) is 96.3. The Morgan fingerprint density at radius 1 is 0.979 bits per heavy atom. The van der Waals surface area contributed by atoms with Gasteiger partial charge in [0, 0.05) is 26.3 Å². The number of benzene rings is 2. The van der Waals surface area contributed by atoms with E-state index >= 15 is 0 Å². The van der Waals surface area contributed by atoms with Crippen molar-refractivity contribution in [3.05, 3.63) is 65.2 Å². The molecule has 2 aliphatic heterocycles. The highest BCUT2D eigenvalue weighted by Gasteiger charge is 2.46. The van der Waals surface area contributed by atoms with Crippen molar-refractivity contribution in [3.8, 4) is 5.75 Å². The molecule has 2 saturated heterocycles. The van der Waals surface area contributed by atoms with Gasteiger partial charge in [-0.25, -0.2) is 9.57 Å². The summed E-state index contributed by atoms with van der Waals surface area (Å²) in [5.41, 5.74) is 1.77. The number of phosphoric acid groups is 1. The van der Waals surface area contributed by atoms with E-state index in [0.717, 1.165) is 5.01 Å². The van der Waals surface area contributed by atoms with Gasteiger partial charge in [0.05, 0.1) is 12.0 Å². The van der Waals surface area contributed by atoms with Gasteiger partial charge in [-0.1, -0.05) is 36.4 Å². The molecule has 5 amide bonds. The first-order valence-electron chi connectivity index (χ1n) is 15.4. The molecule has 1 aliphatic carbocycles. The molecule has 2 heterocycles. The van der Waals surface area contributed by atoms with Crippen LogP contribution in [0.1, 0.15) is 67.7 Å². The quantitative estimate of drug-likeness (QED) is 0.190. The van der Waals surface area contributed by atoms with E-state index in [0.29, 0.717) is 23.1 Å². The predicted molar refractivity (Wildman–Crippen MR) is 165 cm³/mol. The number of hydrogen-bond acceptors (Lipinski definition) is 8. The number of amides is 5. The molecular weight excluding hydrogens is 649 g/mol. The summed E-state index contributed by atoms with van der Waals surface area (Å²) in [7, 11) is -4.78. The average molecular weight is 686 g/mol. The summed E-state index contributed by atoms with van der Waals surface area (Å²) in [5.74, 6) is -4.81. The molecule has 2 aromatic rings. The smallest absolute Gasteiger partial charge is 0.481 e. The molecule has 0 aromatic heterocycles. The molecule has 5 atom stereocenters. The molecule has 256 valence electrons. The fraction of sp³-hybridized carbons (Fsp3) is 0.419. The van der Waals surface area contributed by atoms with Gasteiger partial charge in [0.1, 0.15) is 23.9 Å². The second-order valence-corrected chi connectivity index (χ2v) is 13.1. The molecule has 2 aromatic carbocycles. The van der Waals surface area contributed by atoms with E-state index in [1.54, 1.807) is 24.3 Å². The minimum atomic E-state index is -4.78. The number of hydrogen-bond donors (Lipinski definition) is 6. The van der Waals surface area contributed by atoms with E-state index in [9.17, 15) is 38.4 Å². The summed E-state index contributed by atoms with van der Waals surface area (Å²) in [6.45, 7) is 1.40. The lowest BCUT2D eigenvalue weighted by atomic mass is 10.0. The van der Waals surface area contributed by atoms with E-state index in [1.807, 2.05) is 0 Å². The Morgan fingerprint density at radius 2 is 1.67 bits per heavy atom. The largest absolute Gasteiger partial charge is 0.524 e. The Labute approximate surface area is 275 Å². The van der Waals surface area contributed by atoms with E-state index in [1.165, 1.54) is 36.2 Å². The average Bonchev–Trinajstić information content (AvgIpc) is 3.34. The van der Waals surface area contributed by atoms with Crippen LogP contribution in [0.25, 0.3) is 0 Å². The van der Waals surface area contributed by atoms with Crippen molar-refractivity contribution in [2.24, 2.45) is 0 Å². The van der Waals surface area contributed by atoms with Crippen molar-refractivity contribution in [1.29, 1.82) is 0 Å². The topological polar surface area (TPSA) is 232 Å². The molecule has 17 heteroatoms. The molecule has 0 spiro atoms. The van der Waals surface area contributed by atoms with Gasteiger partial charge in [0.2, 0.25) is 23.6 Å². The molecule has 6 N–H and O–H groups in total. The van der Waals surface area contributed by atoms with Crippen LogP contribution < -0.4 is 20.5 Å². The summed E-state index contributed by atoms with van der Waals surface area (Å²) in [6, 6.07) is 8.34.